The minimum absolute atomic E-state index is 0.128. The lowest BCUT2D eigenvalue weighted by molar-refractivity contribution is -0.120. The number of nitrogens with zero attached hydrogens (tertiary/aromatic N) is 8. The number of amides is 6. The normalized spacial score (nSPS) is 17.6. The Morgan fingerprint density at radius 1 is 0.455 bits per heavy atom. The van der Waals surface area contributed by atoms with Crippen LogP contribution in [0.15, 0.2) is 162 Å². The minimum atomic E-state index is -0.682. The molecule has 3 aliphatic heterocycles. The highest BCUT2D eigenvalue weighted by atomic mass is 16.5. The molecule has 0 radical (unpaired) electrons. The van der Waals surface area contributed by atoms with Crippen molar-refractivity contribution in [3.8, 4) is 17.2 Å². The molecule has 516 valence electrons. The molecule has 24 heteroatoms. The highest BCUT2D eigenvalue weighted by Crippen LogP contribution is 2.47. The quantitative estimate of drug-likeness (QED) is 0.0604. The van der Waals surface area contributed by atoms with Gasteiger partial charge >= 0.3 is 0 Å². The summed E-state index contributed by atoms with van der Waals surface area (Å²) >= 11 is 0. The van der Waals surface area contributed by atoms with Crippen LogP contribution in [0.25, 0.3) is 0 Å². The van der Waals surface area contributed by atoms with Gasteiger partial charge in [-0.15, -0.1) is 0 Å². The molecule has 0 fully saturated rings. The molecule has 6 amide bonds. The maximum absolute atomic E-state index is 13.8. The van der Waals surface area contributed by atoms with Gasteiger partial charge in [0.05, 0.1) is 99.8 Å². The van der Waals surface area contributed by atoms with Crippen LogP contribution >= 0.6 is 0 Å². The van der Waals surface area contributed by atoms with E-state index in [0.29, 0.717) is 124 Å². The van der Waals surface area contributed by atoms with E-state index >= 15 is 0 Å². The third-order valence-corrected chi connectivity index (χ3v) is 17.9. The molecule has 0 aliphatic carbocycles. The van der Waals surface area contributed by atoms with Gasteiger partial charge in [-0.3, -0.25) is 38.1 Å². The van der Waals surface area contributed by atoms with Gasteiger partial charge in [0.1, 0.15) is 23.0 Å². The summed E-state index contributed by atoms with van der Waals surface area (Å²) in [6, 6.07) is 45.5. The number of anilines is 3. The van der Waals surface area contributed by atoms with Gasteiger partial charge in [-0.05, 0) is 111 Å². The fraction of sp³-hybridized carbons (Fsp3) is 0.320. The number of aromatic nitrogens is 5. The second kappa shape index (κ2) is 31.9. The summed E-state index contributed by atoms with van der Waals surface area (Å²) in [6.07, 6.45) is 0. The van der Waals surface area contributed by atoms with Gasteiger partial charge in [-0.25, -0.2) is 0 Å². The lowest BCUT2D eigenvalue weighted by atomic mass is 9.78. The molecule has 6 aromatic carbocycles. The van der Waals surface area contributed by atoms with E-state index in [1.165, 1.54) is 0 Å². The zero-order valence-electron chi connectivity index (χ0n) is 57.6. The molecule has 0 saturated heterocycles. The van der Waals surface area contributed by atoms with Gasteiger partial charge in [0, 0.05) is 118 Å². The zero-order chi connectivity index (χ0) is 70.6. The van der Waals surface area contributed by atoms with E-state index in [0.717, 1.165) is 22.6 Å². The Balaban J connectivity index is 0.000000161. The molecule has 0 bridgehead atoms. The maximum Gasteiger partial charge on any atom is 0.254 e. The molecule has 0 spiro atoms. The second-order valence-corrected chi connectivity index (χ2v) is 24.1. The Bertz CT molecular complexity index is 4350. The number of carbonyl (C=O) groups is 6. The molecule has 12 rings (SSSR count). The molecule has 6 atom stereocenters. The van der Waals surface area contributed by atoms with E-state index in [1.807, 2.05) is 144 Å². The largest absolute Gasteiger partial charge is 0.497 e. The monoisotopic (exact) mass is 1350 g/mol. The molecule has 9 aromatic rings. The first kappa shape index (κ1) is 70.8. The van der Waals surface area contributed by atoms with E-state index in [4.69, 9.17) is 32.9 Å². The van der Waals surface area contributed by atoms with Crippen LogP contribution in [0.1, 0.15) is 123 Å². The first-order valence-electron chi connectivity index (χ1n) is 32.3. The number of hydrogen-bond donors (Lipinski definition) is 3. The maximum atomic E-state index is 13.8. The van der Waals surface area contributed by atoms with Gasteiger partial charge in [0.15, 0.2) is 0 Å². The fourth-order valence-corrected chi connectivity index (χ4v) is 13.2. The number of nitrogens with one attached hydrogen (secondary N) is 3. The Kier molecular flexibility index (Phi) is 22.9. The fourth-order valence-electron chi connectivity index (χ4n) is 13.2. The summed E-state index contributed by atoms with van der Waals surface area (Å²) in [5.41, 5.74) is 10.0. The molecule has 0 saturated carbocycles. The number of benzene rings is 6. The number of rotatable bonds is 21. The molecular formula is C75H83N11O13. The summed E-state index contributed by atoms with van der Waals surface area (Å²) in [5, 5.41) is 22.3. The van der Waals surface area contributed by atoms with Crippen LogP contribution in [-0.2, 0) is 42.7 Å². The predicted octanol–water partition coefficient (Wildman–Crippen LogP) is 10.5. The van der Waals surface area contributed by atoms with Crippen molar-refractivity contribution >= 4 is 52.5 Å². The van der Waals surface area contributed by atoms with Crippen molar-refractivity contribution in [1.29, 1.82) is 0 Å². The minimum Gasteiger partial charge on any atom is -0.497 e. The third-order valence-electron chi connectivity index (χ3n) is 17.9. The van der Waals surface area contributed by atoms with Crippen LogP contribution in [0.2, 0.25) is 0 Å². The number of fused-ring (bicyclic) bond motifs is 3. The van der Waals surface area contributed by atoms with Crippen LogP contribution in [0.3, 0.4) is 0 Å². The van der Waals surface area contributed by atoms with Crippen molar-refractivity contribution in [2.24, 2.45) is 14.1 Å². The van der Waals surface area contributed by atoms with Crippen molar-refractivity contribution in [1.82, 2.24) is 39.4 Å². The molecule has 3 aromatic heterocycles. The van der Waals surface area contributed by atoms with Crippen LogP contribution in [0.4, 0.5) is 17.1 Å². The van der Waals surface area contributed by atoms with Crippen LogP contribution in [-0.4, -0.2) is 157 Å². The lowest BCUT2D eigenvalue weighted by Gasteiger charge is -2.41. The van der Waals surface area contributed by atoms with Crippen molar-refractivity contribution in [2.75, 3.05) is 98.1 Å². The Morgan fingerprint density at radius 3 is 1.19 bits per heavy atom. The van der Waals surface area contributed by atoms with Crippen LogP contribution < -0.4 is 30.2 Å². The number of hydrogen-bond acceptors (Lipinski definition) is 16. The standard InChI is InChI=1S/2C25H28N4O4.C25H27N3O5/c1-16-14-21(27-28(16)2)23-22(24(30)26-17-8-7-9-18(15-17)33-4)19-10-5-6-11-20(19)25(31)29(23)12-13-32-3;1-16-14-21(28(2)27-16)23-22(24(30)26-17-8-7-9-18(15-17)33-4)19-10-5-6-11-20(19)25(31)29(23)12-13-32-3;1-15-21(16(2)33-27-15)23-22(24(29)26-17-8-7-9-18(14-17)32-4)19-10-5-6-11-20(19)25(30)28(23)12-13-31-3/h2*5-11,14-15,22-23H,12-13H2,1-4H3,(H,26,30);5-11,14,22-23H,12-13H2,1-4H3,(H,26,29). The first-order chi connectivity index (χ1) is 47.8. The second-order valence-electron chi connectivity index (χ2n) is 24.1. The van der Waals surface area contributed by atoms with Gasteiger partial charge in [0.25, 0.3) is 17.7 Å². The Morgan fingerprint density at radius 2 is 0.838 bits per heavy atom. The van der Waals surface area contributed by atoms with E-state index in [1.54, 1.807) is 122 Å². The predicted molar refractivity (Wildman–Crippen MR) is 371 cm³/mol. The van der Waals surface area contributed by atoms with Gasteiger partial charge in [-0.2, -0.15) is 10.2 Å². The van der Waals surface area contributed by atoms with E-state index in [2.05, 4.69) is 31.3 Å². The Labute approximate surface area is 575 Å². The summed E-state index contributed by atoms with van der Waals surface area (Å²) in [7, 11) is 13.2. The zero-order valence-corrected chi connectivity index (χ0v) is 57.6. The van der Waals surface area contributed by atoms with E-state index in [-0.39, 0.29) is 35.4 Å². The van der Waals surface area contributed by atoms with Crippen molar-refractivity contribution in [2.45, 2.75) is 63.6 Å². The molecule has 3 aliphatic rings. The topological polar surface area (TPSA) is 265 Å². The molecule has 6 heterocycles. The molecule has 24 nitrogen and oxygen atoms in total. The number of aryl methyl sites for hydroxylation is 6. The third kappa shape index (κ3) is 15.3. The lowest BCUT2D eigenvalue weighted by Crippen LogP contribution is -2.47. The van der Waals surface area contributed by atoms with Gasteiger partial charge in [0.2, 0.25) is 17.7 Å². The number of ether oxygens (including phenoxy) is 6. The average Bonchev–Trinajstić information content (AvgIpc) is 1.63. The number of carbonyl (C=O) groups excluding carboxylic acids is 6. The molecular weight excluding hydrogens is 1260 g/mol. The van der Waals surface area contributed by atoms with Crippen molar-refractivity contribution in [3.05, 3.63) is 231 Å². The number of methoxy groups -OCH3 is 6. The smallest absolute Gasteiger partial charge is 0.254 e. The summed E-state index contributed by atoms with van der Waals surface area (Å²) in [4.78, 5) is 87.1. The first-order valence-corrected chi connectivity index (χ1v) is 32.3. The molecule has 6 unspecified atom stereocenters. The Hall–Kier alpha value is -11.0. The summed E-state index contributed by atoms with van der Waals surface area (Å²) in [5.74, 6) is -0.576. The van der Waals surface area contributed by atoms with Crippen LogP contribution in [0, 0.1) is 27.7 Å². The SMILES string of the molecule is COCCN1C(=O)c2ccccc2C(C(=O)Nc2cccc(OC)c2)C1c1c(C)noc1C.COCCN1C(=O)c2ccccc2C(C(=O)Nc2cccc(OC)c2)C1c1cc(C)n(C)n1.COCCN1C(=O)c2ccccc2C(C(=O)Nc2cccc(OC)c2)C1c1cc(C)nn1C. The van der Waals surface area contributed by atoms with Crippen molar-refractivity contribution < 1.29 is 61.7 Å². The highest BCUT2D eigenvalue weighted by molar-refractivity contribution is 6.07. The average molecular weight is 1350 g/mol. The van der Waals surface area contributed by atoms with E-state index < -0.39 is 35.9 Å². The van der Waals surface area contributed by atoms with Gasteiger partial charge in [-0.1, -0.05) is 78.0 Å². The van der Waals surface area contributed by atoms with Crippen molar-refractivity contribution in [3.63, 3.8) is 0 Å². The molecule has 3 N–H and O–H groups in total. The highest BCUT2D eigenvalue weighted by Gasteiger charge is 2.49. The van der Waals surface area contributed by atoms with Gasteiger partial charge < -0.3 is 63.6 Å². The molecule has 99 heavy (non-hydrogen) atoms. The van der Waals surface area contributed by atoms with Crippen LogP contribution in [0.5, 0.6) is 17.2 Å². The summed E-state index contributed by atoms with van der Waals surface area (Å²) in [6.45, 7) is 9.50. The summed E-state index contributed by atoms with van der Waals surface area (Å²) < 4.78 is 40.6. The van der Waals surface area contributed by atoms with E-state index in [9.17, 15) is 28.8 Å².